The lowest BCUT2D eigenvalue weighted by Crippen LogP contribution is -2.15. The predicted octanol–water partition coefficient (Wildman–Crippen LogP) is 4.63. The van der Waals surface area contributed by atoms with Gasteiger partial charge in [0.25, 0.3) is 0 Å². The van der Waals surface area contributed by atoms with E-state index in [2.05, 4.69) is 50.4 Å². The SMILES string of the molecule is CCCCCC(C)Nc1ccccc1CC. The quantitative estimate of drug-likeness (QED) is 0.659. The van der Waals surface area contributed by atoms with Crippen LogP contribution in [0.25, 0.3) is 0 Å². The summed E-state index contributed by atoms with van der Waals surface area (Å²) < 4.78 is 0. The smallest absolute Gasteiger partial charge is 0.0374 e. The van der Waals surface area contributed by atoms with Gasteiger partial charge in [0.2, 0.25) is 0 Å². The van der Waals surface area contributed by atoms with Crippen LogP contribution in [0.1, 0.15) is 52.0 Å². The van der Waals surface area contributed by atoms with Crippen molar-refractivity contribution in [2.45, 2.75) is 58.9 Å². The molecule has 1 aromatic rings. The van der Waals surface area contributed by atoms with E-state index in [1.807, 2.05) is 0 Å². The molecular weight excluding hydrogens is 194 g/mol. The number of aryl methyl sites for hydroxylation is 1. The summed E-state index contributed by atoms with van der Waals surface area (Å²) in [5.74, 6) is 0. The van der Waals surface area contributed by atoms with Gasteiger partial charge in [-0.25, -0.2) is 0 Å². The van der Waals surface area contributed by atoms with E-state index in [1.54, 1.807) is 0 Å². The maximum absolute atomic E-state index is 3.62. The number of hydrogen-bond donors (Lipinski definition) is 1. The first-order valence-corrected chi connectivity index (χ1v) is 6.62. The molecule has 0 bridgehead atoms. The van der Waals surface area contributed by atoms with Crippen LogP contribution in [0.4, 0.5) is 5.69 Å². The minimum Gasteiger partial charge on any atom is -0.382 e. The van der Waals surface area contributed by atoms with E-state index in [0.717, 1.165) is 6.42 Å². The first-order valence-electron chi connectivity index (χ1n) is 6.62. The van der Waals surface area contributed by atoms with Crippen molar-refractivity contribution in [2.75, 3.05) is 5.32 Å². The lowest BCUT2D eigenvalue weighted by atomic mass is 10.1. The summed E-state index contributed by atoms with van der Waals surface area (Å²) in [6, 6.07) is 9.21. The van der Waals surface area contributed by atoms with Crippen molar-refractivity contribution in [3.63, 3.8) is 0 Å². The highest BCUT2D eigenvalue weighted by Crippen LogP contribution is 2.17. The van der Waals surface area contributed by atoms with Crippen molar-refractivity contribution in [3.05, 3.63) is 29.8 Å². The van der Waals surface area contributed by atoms with Crippen LogP contribution in [0.5, 0.6) is 0 Å². The number of para-hydroxylation sites is 1. The van der Waals surface area contributed by atoms with Gasteiger partial charge in [0, 0.05) is 11.7 Å². The van der Waals surface area contributed by atoms with Gasteiger partial charge in [-0.05, 0) is 31.4 Å². The zero-order chi connectivity index (χ0) is 11.8. The summed E-state index contributed by atoms with van der Waals surface area (Å²) in [6.07, 6.45) is 6.36. The summed E-state index contributed by atoms with van der Waals surface area (Å²) in [7, 11) is 0. The number of rotatable bonds is 7. The van der Waals surface area contributed by atoms with E-state index < -0.39 is 0 Å². The standard InChI is InChI=1S/C15H25N/c1-4-6-7-10-13(3)16-15-12-9-8-11-14(15)5-2/h8-9,11-13,16H,4-7,10H2,1-3H3. The molecule has 1 atom stereocenters. The fourth-order valence-corrected chi connectivity index (χ4v) is 2.01. The lowest BCUT2D eigenvalue weighted by molar-refractivity contribution is 0.615. The van der Waals surface area contributed by atoms with Gasteiger partial charge in [-0.2, -0.15) is 0 Å². The minimum absolute atomic E-state index is 0.583. The van der Waals surface area contributed by atoms with Gasteiger partial charge < -0.3 is 5.32 Å². The van der Waals surface area contributed by atoms with E-state index in [1.165, 1.54) is 36.9 Å². The molecule has 0 aromatic heterocycles. The molecule has 0 amide bonds. The lowest BCUT2D eigenvalue weighted by Gasteiger charge is -2.17. The highest BCUT2D eigenvalue weighted by atomic mass is 14.9. The van der Waals surface area contributed by atoms with Crippen LogP contribution in [0.15, 0.2) is 24.3 Å². The van der Waals surface area contributed by atoms with Gasteiger partial charge in [-0.15, -0.1) is 0 Å². The third-order valence-corrected chi connectivity index (χ3v) is 3.04. The zero-order valence-corrected chi connectivity index (χ0v) is 10.9. The van der Waals surface area contributed by atoms with Crippen LogP contribution in [-0.4, -0.2) is 6.04 Å². The molecule has 90 valence electrons. The largest absolute Gasteiger partial charge is 0.382 e. The van der Waals surface area contributed by atoms with Crippen LogP contribution in [0, 0.1) is 0 Å². The molecule has 0 saturated heterocycles. The van der Waals surface area contributed by atoms with E-state index in [4.69, 9.17) is 0 Å². The maximum Gasteiger partial charge on any atom is 0.0374 e. The molecule has 1 unspecified atom stereocenters. The van der Waals surface area contributed by atoms with Crippen molar-refractivity contribution in [3.8, 4) is 0 Å². The van der Waals surface area contributed by atoms with Crippen LogP contribution < -0.4 is 5.32 Å². The molecule has 0 radical (unpaired) electrons. The van der Waals surface area contributed by atoms with Gasteiger partial charge in [0.15, 0.2) is 0 Å². The molecular formula is C15H25N. The van der Waals surface area contributed by atoms with Gasteiger partial charge in [0.1, 0.15) is 0 Å². The predicted molar refractivity (Wildman–Crippen MR) is 73.0 cm³/mol. The fraction of sp³-hybridized carbons (Fsp3) is 0.600. The molecule has 1 N–H and O–H groups in total. The molecule has 0 aliphatic rings. The number of benzene rings is 1. The highest BCUT2D eigenvalue weighted by molar-refractivity contribution is 5.51. The monoisotopic (exact) mass is 219 g/mol. The second kappa shape index (κ2) is 7.32. The summed E-state index contributed by atoms with van der Waals surface area (Å²) in [5.41, 5.74) is 2.74. The molecule has 1 heteroatoms. The van der Waals surface area contributed by atoms with Crippen LogP contribution in [0.2, 0.25) is 0 Å². The van der Waals surface area contributed by atoms with Gasteiger partial charge in [0.05, 0.1) is 0 Å². The van der Waals surface area contributed by atoms with Crippen molar-refractivity contribution >= 4 is 5.69 Å². The van der Waals surface area contributed by atoms with E-state index in [-0.39, 0.29) is 0 Å². The first-order chi connectivity index (χ1) is 7.77. The molecule has 1 aromatic carbocycles. The van der Waals surface area contributed by atoms with Crippen LogP contribution in [-0.2, 0) is 6.42 Å². The van der Waals surface area contributed by atoms with E-state index in [9.17, 15) is 0 Å². The summed E-state index contributed by atoms with van der Waals surface area (Å²) in [6.45, 7) is 6.74. The minimum atomic E-state index is 0.583. The zero-order valence-electron chi connectivity index (χ0n) is 10.9. The Kier molecular flexibility index (Phi) is 5.99. The number of hydrogen-bond acceptors (Lipinski definition) is 1. The van der Waals surface area contributed by atoms with Crippen LogP contribution >= 0.6 is 0 Å². The molecule has 0 heterocycles. The summed E-state index contributed by atoms with van der Waals surface area (Å²) >= 11 is 0. The maximum atomic E-state index is 3.62. The Bertz CT molecular complexity index is 293. The second-order valence-corrected chi connectivity index (χ2v) is 4.55. The second-order valence-electron chi connectivity index (χ2n) is 4.55. The average molecular weight is 219 g/mol. The normalized spacial score (nSPS) is 12.4. The number of unbranched alkanes of at least 4 members (excludes halogenated alkanes) is 2. The molecule has 1 nitrogen and oxygen atoms in total. The molecule has 16 heavy (non-hydrogen) atoms. The topological polar surface area (TPSA) is 12.0 Å². The molecule has 0 aliphatic carbocycles. The molecule has 1 rings (SSSR count). The van der Waals surface area contributed by atoms with Crippen molar-refractivity contribution < 1.29 is 0 Å². The van der Waals surface area contributed by atoms with E-state index >= 15 is 0 Å². The molecule has 0 aliphatic heterocycles. The Morgan fingerprint density at radius 2 is 1.88 bits per heavy atom. The summed E-state index contributed by atoms with van der Waals surface area (Å²) in [5, 5.41) is 3.62. The van der Waals surface area contributed by atoms with Gasteiger partial charge in [-0.1, -0.05) is 51.3 Å². The van der Waals surface area contributed by atoms with Crippen molar-refractivity contribution in [1.82, 2.24) is 0 Å². The molecule has 0 spiro atoms. The first kappa shape index (κ1) is 13.1. The summed E-state index contributed by atoms with van der Waals surface area (Å²) in [4.78, 5) is 0. The Labute approximate surface area is 100 Å². The van der Waals surface area contributed by atoms with Crippen molar-refractivity contribution in [1.29, 1.82) is 0 Å². The Balaban J connectivity index is 2.45. The van der Waals surface area contributed by atoms with Crippen molar-refractivity contribution in [2.24, 2.45) is 0 Å². The average Bonchev–Trinajstić information content (AvgIpc) is 2.30. The molecule has 0 saturated carbocycles. The Morgan fingerprint density at radius 3 is 2.56 bits per heavy atom. The third-order valence-electron chi connectivity index (χ3n) is 3.04. The highest BCUT2D eigenvalue weighted by Gasteiger charge is 2.04. The Hall–Kier alpha value is -0.980. The fourth-order valence-electron chi connectivity index (χ4n) is 2.01. The Morgan fingerprint density at radius 1 is 1.12 bits per heavy atom. The van der Waals surface area contributed by atoms with Gasteiger partial charge >= 0.3 is 0 Å². The van der Waals surface area contributed by atoms with E-state index in [0.29, 0.717) is 6.04 Å². The number of nitrogens with one attached hydrogen (secondary N) is 1. The van der Waals surface area contributed by atoms with Gasteiger partial charge in [-0.3, -0.25) is 0 Å². The molecule has 0 fully saturated rings. The number of anilines is 1. The van der Waals surface area contributed by atoms with Crippen LogP contribution in [0.3, 0.4) is 0 Å². The third kappa shape index (κ3) is 4.26.